The van der Waals surface area contributed by atoms with Gasteiger partial charge in [-0.15, -0.1) is 0 Å². The van der Waals surface area contributed by atoms with Crippen LogP contribution in [-0.2, 0) is 11.2 Å². The molecule has 0 aliphatic heterocycles. The summed E-state index contributed by atoms with van der Waals surface area (Å²) in [6.07, 6.45) is 9.75. The summed E-state index contributed by atoms with van der Waals surface area (Å²) in [5, 5.41) is 10.9. The maximum Gasteiger partial charge on any atom is 0.156 e. The Morgan fingerprint density at radius 1 is 1.07 bits per heavy atom. The van der Waals surface area contributed by atoms with Crippen molar-refractivity contribution in [1.82, 2.24) is 0 Å². The lowest BCUT2D eigenvalue weighted by Crippen LogP contribution is -2.45. The van der Waals surface area contributed by atoms with Crippen molar-refractivity contribution in [2.75, 3.05) is 0 Å². The molecular weight excluding hydrogens is 344 g/mol. The zero-order chi connectivity index (χ0) is 19.5. The Balaban J connectivity index is 1.66. The number of hydrogen-bond donors (Lipinski definition) is 1. The molecule has 2 heteroatoms. The third-order valence-electron chi connectivity index (χ3n) is 8.47. The van der Waals surface area contributed by atoms with Crippen LogP contribution in [0.15, 0.2) is 47.1 Å². The van der Waals surface area contributed by atoms with Gasteiger partial charge in [-0.1, -0.05) is 43.7 Å². The van der Waals surface area contributed by atoms with E-state index >= 15 is 0 Å². The minimum absolute atomic E-state index is 0.0223. The predicted molar refractivity (Wildman–Crippen MR) is 112 cm³/mol. The molecule has 1 N–H and O–H groups in total. The molecule has 2 fully saturated rings. The van der Waals surface area contributed by atoms with Crippen LogP contribution < -0.4 is 0 Å². The van der Waals surface area contributed by atoms with E-state index in [1.54, 1.807) is 5.57 Å². The highest BCUT2D eigenvalue weighted by Gasteiger charge is 2.56. The molecule has 0 heterocycles. The Hall–Kier alpha value is -1.67. The first kappa shape index (κ1) is 18.4. The summed E-state index contributed by atoms with van der Waals surface area (Å²) in [7, 11) is 0. The lowest BCUT2D eigenvalue weighted by Gasteiger charge is -2.52. The SMILES string of the molecule is CCc1ccc(C2CC3(C)C(O)CCC3C3CCC4=CC(=O)CCC4=C23)cc1. The second kappa shape index (κ2) is 6.69. The first-order valence-electron chi connectivity index (χ1n) is 11.2. The maximum atomic E-state index is 12.0. The summed E-state index contributed by atoms with van der Waals surface area (Å²) in [5.41, 5.74) is 7.26. The van der Waals surface area contributed by atoms with Crippen molar-refractivity contribution < 1.29 is 9.90 Å². The number of aliphatic hydroxyl groups is 1. The van der Waals surface area contributed by atoms with Gasteiger partial charge in [0, 0.05) is 12.3 Å². The van der Waals surface area contributed by atoms with Crippen LogP contribution >= 0.6 is 0 Å². The number of carbonyl (C=O) groups is 1. The quantitative estimate of drug-likeness (QED) is 0.739. The standard InChI is InChI=1S/C26H32O2/c1-3-16-4-6-17(7-5-16)22-15-26(2)23(12-13-24(26)28)21-10-8-18-14-19(27)9-11-20(18)25(21)22/h4-7,14,21-24,28H,3,8-13,15H2,1-2H3. The van der Waals surface area contributed by atoms with Crippen molar-refractivity contribution in [3.63, 3.8) is 0 Å². The average Bonchev–Trinajstić information content (AvgIpc) is 3.01. The average molecular weight is 377 g/mol. The van der Waals surface area contributed by atoms with E-state index in [-0.39, 0.29) is 11.5 Å². The van der Waals surface area contributed by atoms with Crippen molar-refractivity contribution in [1.29, 1.82) is 0 Å². The normalized spacial score (nSPS) is 37.2. The molecule has 148 valence electrons. The molecule has 5 rings (SSSR count). The van der Waals surface area contributed by atoms with Gasteiger partial charge < -0.3 is 5.11 Å². The van der Waals surface area contributed by atoms with Crippen LogP contribution in [0.2, 0.25) is 0 Å². The largest absolute Gasteiger partial charge is 0.393 e. The molecule has 0 amide bonds. The lowest BCUT2D eigenvalue weighted by molar-refractivity contribution is -0.114. The minimum atomic E-state index is -0.175. The number of aryl methyl sites for hydroxylation is 1. The van der Waals surface area contributed by atoms with Crippen LogP contribution in [-0.4, -0.2) is 17.0 Å². The number of rotatable bonds is 2. The Bertz CT molecular complexity index is 859. The van der Waals surface area contributed by atoms with Gasteiger partial charge in [-0.3, -0.25) is 4.79 Å². The van der Waals surface area contributed by atoms with E-state index in [9.17, 15) is 9.90 Å². The molecule has 28 heavy (non-hydrogen) atoms. The molecule has 2 saturated carbocycles. The maximum absolute atomic E-state index is 12.0. The van der Waals surface area contributed by atoms with E-state index in [1.807, 2.05) is 6.08 Å². The van der Waals surface area contributed by atoms with Gasteiger partial charge in [0.1, 0.15) is 0 Å². The number of fused-ring (bicyclic) bond motifs is 4. The summed E-state index contributed by atoms with van der Waals surface area (Å²) >= 11 is 0. The van der Waals surface area contributed by atoms with Crippen LogP contribution in [0.1, 0.15) is 75.8 Å². The molecule has 0 radical (unpaired) electrons. The lowest BCUT2D eigenvalue weighted by atomic mass is 9.53. The van der Waals surface area contributed by atoms with Gasteiger partial charge in [0.25, 0.3) is 0 Å². The van der Waals surface area contributed by atoms with Gasteiger partial charge in [-0.2, -0.15) is 0 Å². The van der Waals surface area contributed by atoms with E-state index in [0.29, 0.717) is 30.0 Å². The zero-order valence-electron chi connectivity index (χ0n) is 17.2. The fraction of sp³-hybridized carbons (Fsp3) is 0.577. The summed E-state index contributed by atoms with van der Waals surface area (Å²) in [5.74, 6) is 1.86. The molecule has 0 saturated heterocycles. The number of hydrogen-bond acceptors (Lipinski definition) is 2. The number of benzene rings is 1. The van der Waals surface area contributed by atoms with Gasteiger partial charge in [0.2, 0.25) is 0 Å². The van der Waals surface area contributed by atoms with Crippen LogP contribution in [0.4, 0.5) is 0 Å². The Morgan fingerprint density at radius 2 is 1.86 bits per heavy atom. The smallest absolute Gasteiger partial charge is 0.156 e. The van der Waals surface area contributed by atoms with Gasteiger partial charge in [0.05, 0.1) is 6.10 Å². The van der Waals surface area contributed by atoms with Crippen LogP contribution in [0.25, 0.3) is 0 Å². The van der Waals surface area contributed by atoms with Crippen LogP contribution in [0.5, 0.6) is 0 Å². The van der Waals surface area contributed by atoms with Crippen molar-refractivity contribution in [2.24, 2.45) is 17.3 Å². The van der Waals surface area contributed by atoms with Crippen molar-refractivity contribution in [3.8, 4) is 0 Å². The van der Waals surface area contributed by atoms with E-state index < -0.39 is 0 Å². The third-order valence-corrected chi connectivity index (χ3v) is 8.47. The predicted octanol–water partition coefficient (Wildman–Crippen LogP) is 5.51. The molecular formula is C26H32O2. The molecule has 5 atom stereocenters. The zero-order valence-corrected chi connectivity index (χ0v) is 17.2. The van der Waals surface area contributed by atoms with Crippen molar-refractivity contribution in [2.45, 2.75) is 77.2 Å². The summed E-state index contributed by atoms with van der Waals surface area (Å²) in [6.45, 7) is 4.55. The molecule has 5 unspecified atom stereocenters. The molecule has 0 spiro atoms. The second-order valence-electron chi connectivity index (χ2n) is 9.77. The summed E-state index contributed by atoms with van der Waals surface area (Å²) in [4.78, 5) is 12.0. The number of carbonyl (C=O) groups excluding carboxylic acids is 1. The molecule has 0 aromatic heterocycles. The highest BCUT2D eigenvalue weighted by Crippen LogP contribution is 2.63. The second-order valence-corrected chi connectivity index (χ2v) is 9.77. The van der Waals surface area contributed by atoms with Gasteiger partial charge in [-0.25, -0.2) is 0 Å². The first-order valence-corrected chi connectivity index (χ1v) is 11.2. The fourth-order valence-corrected chi connectivity index (χ4v) is 6.92. The summed E-state index contributed by atoms with van der Waals surface area (Å²) in [6, 6.07) is 9.20. The van der Waals surface area contributed by atoms with E-state index in [2.05, 4.69) is 38.1 Å². The monoisotopic (exact) mass is 376 g/mol. The molecule has 4 aliphatic carbocycles. The summed E-state index contributed by atoms with van der Waals surface area (Å²) < 4.78 is 0. The number of allylic oxidation sites excluding steroid dienone is 4. The molecule has 0 bridgehead atoms. The molecule has 1 aromatic carbocycles. The number of ketones is 1. The fourth-order valence-electron chi connectivity index (χ4n) is 6.92. The highest BCUT2D eigenvalue weighted by molar-refractivity contribution is 5.93. The highest BCUT2D eigenvalue weighted by atomic mass is 16.3. The Morgan fingerprint density at radius 3 is 2.61 bits per heavy atom. The minimum Gasteiger partial charge on any atom is -0.393 e. The molecule has 2 nitrogen and oxygen atoms in total. The third kappa shape index (κ3) is 2.68. The Labute approximate surface area is 168 Å². The van der Waals surface area contributed by atoms with Gasteiger partial charge >= 0.3 is 0 Å². The van der Waals surface area contributed by atoms with Crippen molar-refractivity contribution in [3.05, 3.63) is 58.2 Å². The van der Waals surface area contributed by atoms with E-state index in [4.69, 9.17) is 0 Å². The Kier molecular flexibility index (Phi) is 4.39. The van der Waals surface area contributed by atoms with Crippen molar-refractivity contribution >= 4 is 5.78 Å². The number of aliphatic hydroxyl groups excluding tert-OH is 1. The van der Waals surface area contributed by atoms with E-state index in [0.717, 1.165) is 44.9 Å². The van der Waals surface area contributed by atoms with Crippen LogP contribution in [0.3, 0.4) is 0 Å². The molecule has 1 aromatic rings. The van der Waals surface area contributed by atoms with Gasteiger partial charge in [-0.05, 0) is 90.5 Å². The van der Waals surface area contributed by atoms with E-state index in [1.165, 1.54) is 22.3 Å². The molecule has 4 aliphatic rings. The first-order chi connectivity index (χ1) is 13.5. The topological polar surface area (TPSA) is 37.3 Å². The van der Waals surface area contributed by atoms with Gasteiger partial charge in [0.15, 0.2) is 5.78 Å². The van der Waals surface area contributed by atoms with Crippen LogP contribution in [0, 0.1) is 17.3 Å².